The van der Waals surface area contributed by atoms with Crippen LogP contribution < -0.4 is 15.3 Å². The summed E-state index contributed by atoms with van der Waals surface area (Å²) in [7, 11) is -10.1. The van der Waals surface area contributed by atoms with Gasteiger partial charge in [-0.05, 0) is 29.3 Å². The molecule has 0 spiro atoms. The van der Waals surface area contributed by atoms with E-state index in [-0.39, 0.29) is 34.6 Å². The molecule has 6 unspecified atom stereocenters. The predicted octanol–water partition coefficient (Wildman–Crippen LogP) is 3.31. The number of phosphoric ester groups is 1. The Bertz CT molecular complexity index is 1740. The first-order valence-corrected chi connectivity index (χ1v) is 16.5. The van der Waals surface area contributed by atoms with Gasteiger partial charge < -0.3 is 29.7 Å². The molecule has 1 aliphatic rings. The number of ether oxygens (including phenoxy) is 2. The van der Waals surface area contributed by atoms with Gasteiger partial charge in [0.15, 0.2) is 23.9 Å². The second-order valence-electron chi connectivity index (χ2n) is 9.43. The number of benzene rings is 2. The van der Waals surface area contributed by atoms with E-state index in [0.29, 0.717) is 5.56 Å². The maximum atomic E-state index is 15.1. The number of imidazole rings is 1. The summed E-state index contributed by atoms with van der Waals surface area (Å²) in [6.45, 7) is -1.74. The number of esters is 1. The minimum absolute atomic E-state index is 0.0115. The van der Waals surface area contributed by atoms with Crippen LogP contribution in [0.2, 0.25) is 5.28 Å². The van der Waals surface area contributed by atoms with E-state index in [1.807, 2.05) is 0 Å². The van der Waals surface area contributed by atoms with E-state index in [4.69, 9.17) is 40.2 Å². The number of fused-ring (bicyclic) bond motifs is 1. The zero-order valence-corrected chi connectivity index (χ0v) is 25.5. The van der Waals surface area contributed by atoms with Crippen molar-refractivity contribution in [2.45, 2.75) is 31.2 Å². The Kier molecular flexibility index (Phi) is 10.1. The van der Waals surface area contributed by atoms with Crippen molar-refractivity contribution in [3.05, 3.63) is 77.8 Å². The lowest BCUT2D eigenvalue weighted by Gasteiger charge is -2.22. The van der Waals surface area contributed by atoms with E-state index in [9.17, 15) is 23.9 Å². The Balaban J connectivity index is 1.24. The highest BCUT2D eigenvalue weighted by molar-refractivity contribution is 7.63. The number of phosphoric acid groups is 1. The molecule has 1 fully saturated rings. The minimum Gasteiger partial charge on any atom is -0.460 e. The molecule has 20 heteroatoms. The third kappa shape index (κ3) is 8.21. The predicted molar refractivity (Wildman–Crippen MR) is 155 cm³/mol. The minimum atomic E-state index is -5.29. The fourth-order valence-electron chi connectivity index (χ4n) is 4.14. The summed E-state index contributed by atoms with van der Waals surface area (Å²) in [4.78, 5) is 34.5. The van der Waals surface area contributed by atoms with Gasteiger partial charge in [0.25, 0.3) is 0 Å². The SMILES string of the molecule is Nc1nc(Cl)nc2c1ncn2C1OC(COP(=O)(O)OP(=O)(NCC(=O)OCc2ccccc2)Oc2ccccc2)C(O)C1F. The number of halogens is 2. The number of aliphatic hydroxyl groups excluding tert-OH is 1. The average Bonchev–Trinajstić information content (AvgIpc) is 3.55. The molecule has 0 aliphatic carbocycles. The molecule has 1 aliphatic heterocycles. The van der Waals surface area contributed by atoms with Crippen LogP contribution in [0, 0.1) is 0 Å². The quantitative estimate of drug-likeness (QED) is 0.0900. The van der Waals surface area contributed by atoms with E-state index in [1.54, 1.807) is 36.4 Å². The van der Waals surface area contributed by atoms with Gasteiger partial charge in [-0.15, -0.1) is 0 Å². The summed E-state index contributed by atoms with van der Waals surface area (Å²) in [6, 6.07) is 16.2. The molecule has 0 saturated carbocycles. The molecule has 0 amide bonds. The van der Waals surface area contributed by atoms with Crippen LogP contribution in [0.3, 0.4) is 0 Å². The van der Waals surface area contributed by atoms with Crippen molar-refractivity contribution in [2.75, 3.05) is 18.9 Å². The number of alkyl halides is 1. The van der Waals surface area contributed by atoms with Crippen LogP contribution in [0.1, 0.15) is 11.8 Å². The third-order valence-electron chi connectivity index (χ3n) is 6.23. The van der Waals surface area contributed by atoms with Crippen molar-refractivity contribution < 1.29 is 51.1 Å². The maximum Gasteiger partial charge on any atom is 0.481 e. The summed E-state index contributed by atoms with van der Waals surface area (Å²) in [5, 5.41) is 12.4. The van der Waals surface area contributed by atoms with Crippen LogP contribution in [-0.4, -0.2) is 67.0 Å². The fraction of sp³-hybridized carbons (Fsp3) is 0.280. The molecule has 0 radical (unpaired) electrons. The molecule has 16 nitrogen and oxygen atoms in total. The van der Waals surface area contributed by atoms with E-state index in [1.165, 1.54) is 24.3 Å². The Morgan fingerprint density at radius 3 is 2.53 bits per heavy atom. The lowest BCUT2D eigenvalue weighted by molar-refractivity contribution is -0.143. The first kappa shape index (κ1) is 32.9. The van der Waals surface area contributed by atoms with Gasteiger partial charge in [0.1, 0.15) is 36.6 Å². The highest BCUT2D eigenvalue weighted by Crippen LogP contribution is 2.60. The molecular weight excluding hydrogens is 661 g/mol. The molecule has 240 valence electrons. The standard InChI is InChI=1S/C25H26ClFN6O10P2/c26-25-31-22(28)20-23(32-25)33(14-29-20)24-19(27)21(35)17(41-24)13-40-45(37,38)43-44(36,42-16-9-5-2-6-10-16)30-11-18(34)39-12-15-7-3-1-4-8-15/h1-10,14,17,19,21,24,35H,11-13H2,(H,30,36)(H,37,38)(H2,28,31,32). The average molecular weight is 687 g/mol. The first-order valence-electron chi connectivity index (χ1n) is 13.0. The number of hydrogen-bond donors (Lipinski definition) is 4. The van der Waals surface area contributed by atoms with Crippen LogP contribution in [0.4, 0.5) is 10.2 Å². The molecule has 0 bridgehead atoms. The highest BCUT2D eigenvalue weighted by atomic mass is 35.5. The van der Waals surface area contributed by atoms with Crippen molar-refractivity contribution in [3.63, 3.8) is 0 Å². The third-order valence-corrected chi connectivity index (χ3v) is 9.56. The lowest BCUT2D eigenvalue weighted by Crippen LogP contribution is -2.31. The van der Waals surface area contributed by atoms with Crippen LogP contribution in [0.15, 0.2) is 67.0 Å². The number of nitrogens with zero attached hydrogens (tertiary/aromatic N) is 4. The number of nitrogens with two attached hydrogens (primary N) is 1. The number of carbonyl (C=O) groups excluding carboxylic acids is 1. The van der Waals surface area contributed by atoms with Gasteiger partial charge in [0.2, 0.25) is 5.28 Å². The zero-order chi connectivity index (χ0) is 32.2. The lowest BCUT2D eigenvalue weighted by atomic mass is 10.1. The monoisotopic (exact) mass is 686 g/mol. The van der Waals surface area contributed by atoms with Gasteiger partial charge in [-0.3, -0.25) is 13.9 Å². The van der Waals surface area contributed by atoms with Crippen molar-refractivity contribution in [1.82, 2.24) is 24.6 Å². The number of hydrogen-bond acceptors (Lipinski definition) is 13. The number of nitrogen functional groups attached to an aromatic ring is 1. The number of rotatable bonds is 13. The second kappa shape index (κ2) is 13.9. The van der Waals surface area contributed by atoms with Crippen molar-refractivity contribution in [2.24, 2.45) is 0 Å². The van der Waals surface area contributed by atoms with Crippen LogP contribution in [0.25, 0.3) is 11.2 Å². The number of anilines is 1. The van der Waals surface area contributed by atoms with E-state index >= 15 is 4.39 Å². The molecule has 4 aromatic rings. The van der Waals surface area contributed by atoms with Gasteiger partial charge in [-0.1, -0.05) is 48.5 Å². The molecule has 2 aromatic heterocycles. The Morgan fingerprint density at radius 2 is 1.82 bits per heavy atom. The van der Waals surface area contributed by atoms with Gasteiger partial charge >= 0.3 is 21.5 Å². The largest absolute Gasteiger partial charge is 0.481 e. The number of aliphatic hydroxyl groups is 1. The van der Waals surface area contributed by atoms with Crippen LogP contribution in [-0.2, 0) is 38.8 Å². The van der Waals surface area contributed by atoms with Gasteiger partial charge in [-0.25, -0.2) is 23.6 Å². The van der Waals surface area contributed by atoms with Gasteiger partial charge in [-0.2, -0.15) is 14.3 Å². The number of nitrogens with one attached hydrogen (secondary N) is 1. The molecule has 6 atom stereocenters. The maximum absolute atomic E-state index is 15.1. The Labute approximate surface area is 259 Å². The topological polar surface area (TPSA) is 219 Å². The Hall–Kier alpha value is -3.50. The molecule has 45 heavy (non-hydrogen) atoms. The molecule has 5 N–H and O–H groups in total. The van der Waals surface area contributed by atoms with Crippen molar-refractivity contribution >= 4 is 50.1 Å². The Morgan fingerprint density at radius 1 is 1.13 bits per heavy atom. The fourth-order valence-corrected chi connectivity index (χ4v) is 7.07. The number of carbonyl (C=O) groups is 1. The van der Waals surface area contributed by atoms with Gasteiger partial charge in [0, 0.05) is 0 Å². The van der Waals surface area contributed by atoms with Crippen molar-refractivity contribution in [1.29, 1.82) is 0 Å². The number of para-hydroxylation sites is 1. The van der Waals surface area contributed by atoms with Gasteiger partial charge in [0.05, 0.1) is 12.9 Å². The summed E-state index contributed by atoms with van der Waals surface area (Å²) < 4.78 is 68.4. The molecular formula is C25H26ClFN6O10P2. The second-order valence-corrected chi connectivity index (χ2v) is 13.1. The van der Waals surface area contributed by atoms with E-state index in [2.05, 4.69) is 20.0 Å². The highest BCUT2D eigenvalue weighted by Gasteiger charge is 2.48. The molecule has 3 heterocycles. The van der Waals surface area contributed by atoms with Crippen LogP contribution in [0.5, 0.6) is 5.75 Å². The normalized spacial score (nSPS) is 22.5. The number of aromatic nitrogens is 4. The molecule has 1 saturated heterocycles. The smallest absolute Gasteiger partial charge is 0.460 e. The molecule has 2 aromatic carbocycles. The summed E-state index contributed by atoms with van der Waals surface area (Å²) in [5.74, 6) is -0.993. The van der Waals surface area contributed by atoms with Crippen LogP contribution >= 0.6 is 27.2 Å². The van der Waals surface area contributed by atoms with E-state index < -0.39 is 59.3 Å². The van der Waals surface area contributed by atoms with Crippen molar-refractivity contribution in [3.8, 4) is 5.75 Å². The summed E-state index contributed by atoms with van der Waals surface area (Å²) >= 11 is 5.85. The summed E-state index contributed by atoms with van der Waals surface area (Å²) in [5.41, 5.74) is 6.58. The first-order chi connectivity index (χ1) is 21.4. The zero-order valence-electron chi connectivity index (χ0n) is 23.0. The van der Waals surface area contributed by atoms with E-state index in [0.717, 1.165) is 10.9 Å². The summed E-state index contributed by atoms with van der Waals surface area (Å²) in [6.07, 6.45) is -5.82. The molecule has 5 rings (SSSR count).